The zero-order valence-corrected chi connectivity index (χ0v) is 10.1. The minimum absolute atomic E-state index is 0.0243. The summed E-state index contributed by atoms with van der Waals surface area (Å²) in [5.41, 5.74) is 4.58. The standard InChI is InChI=1S/C10H16N4O3/c1-10(2,17-3)9(16)13-7-4-12-14(5-7)6-8(11)15/h4-5H,6H2,1-3H3,(H2,11,15)(H,13,16). The molecule has 7 heteroatoms. The Hall–Kier alpha value is -1.89. The van der Waals surface area contributed by atoms with Gasteiger partial charge in [-0.05, 0) is 13.8 Å². The number of nitrogens with zero attached hydrogens (tertiary/aromatic N) is 2. The van der Waals surface area contributed by atoms with E-state index in [0.29, 0.717) is 5.69 Å². The van der Waals surface area contributed by atoms with E-state index in [0.717, 1.165) is 0 Å². The molecule has 0 bridgehead atoms. The number of hydrogen-bond acceptors (Lipinski definition) is 4. The van der Waals surface area contributed by atoms with Crippen LogP contribution in [0.5, 0.6) is 0 Å². The zero-order valence-electron chi connectivity index (χ0n) is 10.1. The van der Waals surface area contributed by atoms with Gasteiger partial charge < -0.3 is 15.8 Å². The van der Waals surface area contributed by atoms with E-state index in [-0.39, 0.29) is 12.5 Å². The van der Waals surface area contributed by atoms with Gasteiger partial charge in [-0.2, -0.15) is 5.10 Å². The van der Waals surface area contributed by atoms with E-state index in [1.54, 1.807) is 13.8 Å². The van der Waals surface area contributed by atoms with Crippen molar-refractivity contribution in [2.75, 3.05) is 12.4 Å². The number of hydrogen-bond donors (Lipinski definition) is 2. The fourth-order valence-corrected chi connectivity index (χ4v) is 1.05. The molecule has 17 heavy (non-hydrogen) atoms. The van der Waals surface area contributed by atoms with Crippen molar-refractivity contribution in [3.8, 4) is 0 Å². The Labute approximate surface area is 98.9 Å². The number of ether oxygens (including phenoxy) is 1. The molecule has 0 aromatic carbocycles. The van der Waals surface area contributed by atoms with Gasteiger partial charge in [0, 0.05) is 13.3 Å². The summed E-state index contributed by atoms with van der Waals surface area (Å²) in [6, 6.07) is 0. The summed E-state index contributed by atoms with van der Waals surface area (Å²) in [4.78, 5) is 22.4. The lowest BCUT2D eigenvalue weighted by Crippen LogP contribution is -2.38. The lowest BCUT2D eigenvalue weighted by atomic mass is 10.1. The van der Waals surface area contributed by atoms with E-state index < -0.39 is 11.5 Å². The number of carbonyl (C=O) groups excluding carboxylic acids is 2. The van der Waals surface area contributed by atoms with Crippen LogP contribution in [0.25, 0.3) is 0 Å². The number of anilines is 1. The minimum atomic E-state index is -0.925. The van der Waals surface area contributed by atoms with Crippen LogP contribution in [0, 0.1) is 0 Å². The van der Waals surface area contributed by atoms with E-state index >= 15 is 0 Å². The Morgan fingerprint density at radius 2 is 2.24 bits per heavy atom. The van der Waals surface area contributed by atoms with E-state index in [4.69, 9.17) is 10.5 Å². The van der Waals surface area contributed by atoms with Crippen LogP contribution in [0.1, 0.15) is 13.8 Å². The van der Waals surface area contributed by atoms with Gasteiger partial charge in [0.05, 0.1) is 11.9 Å². The van der Waals surface area contributed by atoms with Gasteiger partial charge in [-0.15, -0.1) is 0 Å². The largest absolute Gasteiger partial charge is 0.369 e. The van der Waals surface area contributed by atoms with Crippen molar-refractivity contribution in [2.24, 2.45) is 5.73 Å². The topological polar surface area (TPSA) is 99.2 Å². The predicted octanol–water partition coefficient (Wildman–Crippen LogP) is -0.268. The summed E-state index contributed by atoms with van der Waals surface area (Å²) < 4.78 is 6.37. The molecule has 0 saturated heterocycles. The van der Waals surface area contributed by atoms with Crippen molar-refractivity contribution in [3.05, 3.63) is 12.4 Å². The normalized spacial score (nSPS) is 11.2. The van der Waals surface area contributed by atoms with Crippen LogP contribution in [0.3, 0.4) is 0 Å². The highest BCUT2D eigenvalue weighted by molar-refractivity contribution is 5.96. The maximum absolute atomic E-state index is 11.7. The second-order valence-electron chi connectivity index (χ2n) is 4.06. The first-order chi connectivity index (χ1) is 7.85. The van der Waals surface area contributed by atoms with Crippen LogP contribution in [0.15, 0.2) is 12.4 Å². The fourth-order valence-electron chi connectivity index (χ4n) is 1.05. The molecule has 94 valence electrons. The molecule has 1 rings (SSSR count). The Morgan fingerprint density at radius 1 is 1.59 bits per heavy atom. The number of nitrogens with two attached hydrogens (primary N) is 1. The van der Waals surface area contributed by atoms with Gasteiger partial charge >= 0.3 is 0 Å². The smallest absolute Gasteiger partial charge is 0.256 e. The summed E-state index contributed by atoms with van der Waals surface area (Å²) in [6.45, 7) is 3.27. The van der Waals surface area contributed by atoms with Crippen molar-refractivity contribution in [1.82, 2.24) is 9.78 Å². The average molecular weight is 240 g/mol. The predicted molar refractivity (Wildman–Crippen MR) is 61.1 cm³/mol. The summed E-state index contributed by atoms with van der Waals surface area (Å²) in [6.07, 6.45) is 2.96. The first-order valence-corrected chi connectivity index (χ1v) is 5.02. The van der Waals surface area contributed by atoms with Crippen LogP contribution in [-0.2, 0) is 20.9 Å². The highest BCUT2D eigenvalue weighted by atomic mass is 16.5. The van der Waals surface area contributed by atoms with Crippen molar-refractivity contribution in [1.29, 1.82) is 0 Å². The summed E-state index contributed by atoms with van der Waals surface area (Å²) >= 11 is 0. The van der Waals surface area contributed by atoms with Gasteiger partial charge in [0.2, 0.25) is 5.91 Å². The first-order valence-electron chi connectivity index (χ1n) is 5.02. The lowest BCUT2D eigenvalue weighted by molar-refractivity contribution is -0.133. The van der Waals surface area contributed by atoms with Gasteiger partial charge in [0.15, 0.2) is 0 Å². The molecule has 3 N–H and O–H groups in total. The average Bonchev–Trinajstić information content (AvgIpc) is 2.64. The summed E-state index contributed by atoms with van der Waals surface area (Å²) in [7, 11) is 1.45. The molecule has 0 aliphatic heterocycles. The second-order valence-corrected chi connectivity index (χ2v) is 4.06. The molecule has 0 saturated carbocycles. The highest BCUT2D eigenvalue weighted by Gasteiger charge is 2.27. The number of carbonyl (C=O) groups is 2. The minimum Gasteiger partial charge on any atom is -0.369 e. The molecule has 1 aromatic rings. The molecule has 0 atom stereocenters. The molecular formula is C10H16N4O3. The van der Waals surface area contributed by atoms with Crippen LogP contribution in [-0.4, -0.2) is 34.3 Å². The van der Waals surface area contributed by atoms with Crippen molar-refractivity contribution in [3.63, 3.8) is 0 Å². The third kappa shape index (κ3) is 3.56. The molecule has 1 heterocycles. The van der Waals surface area contributed by atoms with Gasteiger partial charge in [-0.25, -0.2) is 0 Å². The monoisotopic (exact) mass is 240 g/mol. The highest BCUT2D eigenvalue weighted by Crippen LogP contribution is 2.12. The van der Waals surface area contributed by atoms with E-state index in [9.17, 15) is 9.59 Å². The molecular weight excluding hydrogens is 224 g/mol. The summed E-state index contributed by atoms with van der Waals surface area (Å²) in [5.74, 6) is -0.790. The SMILES string of the molecule is COC(C)(C)C(=O)Nc1cnn(CC(N)=O)c1. The van der Waals surface area contributed by atoms with Crippen LogP contribution >= 0.6 is 0 Å². The van der Waals surface area contributed by atoms with Crippen LogP contribution in [0.4, 0.5) is 5.69 Å². The maximum atomic E-state index is 11.7. The molecule has 0 aliphatic rings. The third-order valence-corrected chi connectivity index (χ3v) is 2.27. The fraction of sp³-hybridized carbons (Fsp3) is 0.500. The number of primary amides is 1. The second kappa shape index (κ2) is 4.96. The molecule has 0 aliphatic carbocycles. The molecule has 0 unspecified atom stereocenters. The first kappa shape index (κ1) is 13.2. The van der Waals surface area contributed by atoms with Crippen molar-refractivity contribution in [2.45, 2.75) is 26.0 Å². The molecule has 1 aromatic heterocycles. The van der Waals surface area contributed by atoms with Crippen molar-refractivity contribution >= 4 is 17.5 Å². The number of amides is 2. The number of rotatable bonds is 5. The van der Waals surface area contributed by atoms with E-state index in [1.165, 1.54) is 24.2 Å². The molecule has 2 amide bonds. The maximum Gasteiger partial charge on any atom is 0.256 e. The van der Waals surface area contributed by atoms with Gasteiger partial charge in [-0.3, -0.25) is 14.3 Å². The Bertz CT molecular complexity index is 425. The Kier molecular flexibility index (Phi) is 3.84. The number of nitrogens with one attached hydrogen (secondary N) is 1. The lowest BCUT2D eigenvalue weighted by Gasteiger charge is -2.20. The molecule has 7 nitrogen and oxygen atoms in total. The number of methoxy groups -OCH3 is 1. The van der Waals surface area contributed by atoms with E-state index in [2.05, 4.69) is 10.4 Å². The summed E-state index contributed by atoms with van der Waals surface area (Å²) in [5, 5.41) is 6.50. The van der Waals surface area contributed by atoms with Gasteiger partial charge in [-0.1, -0.05) is 0 Å². The number of aromatic nitrogens is 2. The zero-order chi connectivity index (χ0) is 13.1. The van der Waals surface area contributed by atoms with Gasteiger partial charge in [0.25, 0.3) is 5.91 Å². The molecule has 0 fully saturated rings. The van der Waals surface area contributed by atoms with Crippen molar-refractivity contribution < 1.29 is 14.3 Å². The van der Waals surface area contributed by atoms with Crippen LogP contribution < -0.4 is 11.1 Å². The van der Waals surface area contributed by atoms with Gasteiger partial charge in [0.1, 0.15) is 12.1 Å². The third-order valence-electron chi connectivity index (χ3n) is 2.27. The quantitative estimate of drug-likeness (QED) is 0.740. The molecule has 0 spiro atoms. The Balaban J connectivity index is 2.67. The Morgan fingerprint density at radius 3 is 2.76 bits per heavy atom. The molecule has 0 radical (unpaired) electrons. The van der Waals surface area contributed by atoms with E-state index in [1.807, 2.05) is 0 Å². The van der Waals surface area contributed by atoms with Crippen LogP contribution in [0.2, 0.25) is 0 Å².